The van der Waals surface area contributed by atoms with Crippen LogP contribution in [0.5, 0.6) is 0 Å². The van der Waals surface area contributed by atoms with Crippen molar-refractivity contribution in [2.24, 2.45) is 7.05 Å². The molecule has 0 unspecified atom stereocenters. The molecule has 0 aliphatic heterocycles. The molecular formula is C18H10F9N3. The number of halogens is 9. The monoisotopic (exact) mass is 439 g/mol. The first kappa shape index (κ1) is 21.7. The minimum Gasteiger partial charge on any atom is -0.310 e. The Morgan fingerprint density at radius 2 is 1.13 bits per heavy atom. The van der Waals surface area contributed by atoms with Crippen LogP contribution in [0.4, 0.5) is 39.5 Å². The number of alkyl halides is 9. The van der Waals surface area contributed by atoms with Crippen LogP contribution in [0.15, 0.2) is 42.5 Å². The van der Waals surface area contributed by atoms with E-state index in [-0.39, 0.29) is 6.07 Å². The zero-order valence-electron chi connectivity index (χ0n) is 14.8. The van der Waals surface area contributed by atoms with Crippen LogP contribution < -0.4 is 0 Å². The van der Waals surface area contributed by atoms with Crippen LogP contribution in [-0.4, -0.2) is 14.8 Å². The molecule has 3 rings (SSSR count). The fourth-order valence-electron chi connectivity index (χ4n) is 2.87. The van der Waals surface area contributed by atoms with Crippen molar-refractivity contribution < 1.29 is 39.5 Å². The second-order valence-corrected chi connectivity index (χ2v) is 6.21. The van der Waals surface area contributed by atoms with Crippen LogP contribution in [0.3, 0.4) is 0 Å². The van der Waals surface area contributed by atoms with Gasteiger partial charge < -0.3 is 4.57 Å². The van der Waals surface area contributed by atoms with E-state index in [2.05, 4.69) is 10.2 Å². The third-order valence-corrected chi connectivity index (χ3v) is 4.24. The van der Waals surface area contributed by atoms with Crippen molar-refractivity contribution in [1.82, 2.24) is 14.8 Å². The van der Waals surface area contributed by atoms with Gasteiger partial charge in [0.05, 0.1) is 16.7 Å². The highest BCUT2D eigenvalue weighted by molar-refractivity contribution is 5.68. The summed E-state index contributed by atoms with van der Waals surface area (Å²) in [5.74, 6) is -0.936. The van der Waals surface area contributed by atoms with Crippen LogP contribution in [0.2, 0.25) is 0 Å². The minimum absolute atomic E-state index is 0.0760. The summed E-state index contributed by atoms with van der Waals surface area (Å²) in [5, 5.41) is 7.07. The Hall–Kier alpha value is -3.05. The Labute approximate surface area is 162 Å². The maximum absolute atomic E-state index is 13.4. The van der Waals surface area contributed by atoms with Gasteiger partial charge >= 0.3 is 18.5 Å². The molecule has 0 saturated carbocycles. The molecule has 0 fully saturated rings. The van der Waals surface area contributed by atoms with Gasteiger partial charge in [0, 0.05) is 18.2 Å². The summed E-state index contributed by atoms with van der Waals surface area (Å²) < 4.78 is 119. The Bertz CT molecular complexity index is 1080. The summed E-state index contributed by atoms with van der Waals surface area (Å²) in [6.07, 6.45) is -15.0. The lowest BCUT2D eigenvalue weighted by atomic mass is 10.0. The van der Waals surface area contributed by atoms with Crippen LogP contribution in [0, 0.1) is 0 Å². The minimum atomic E-state index is -5.17. The van der Waals surface area contributed by atoms with Crippen molar-refractivity contribution in [3.05, 3.63) is 59.2 Å². The van der Waals surface area contributed by atoms with Crippen LogP contribution in [0.1, 0.15) is 16.7 Å². The van der Waals surface area contributed by atoms with Crippen LogP contribution in [0.25, 0.3) is 22.8 Å². The molecule has 160 valence electrons. The summed E-state index contributed by atoms with van der Waals surface area (Å²) in [4.78, 5) is 0. The Balaban J connectivity index is 2.21. The second-order valence-electron chi connectivity index (χ2n) is 6.21. The smallest absolute Gasteiger partial charge is 0.310 e. The van der Waals surface area contributed by atoms with Gasteiger partial charge in [-0.3, -0.25) is 0 Å². The molecule has 1 heterocycles. The lowest BCUT2D eigenvalue weighted by Crippen LogP contribution is -2.13. The van der Waals surface area contributed by atoms with E-state index in [1.165, 1.54) is 6.07 Å². The van der Waals surface area contributed by atoms with Crippen LogP contribution in [-0.2, 0) is 25.6 Å². The molecule has 3 nitrogen and oxygen atoms in total. The number of nitrogens with zero attached hydrogens (tertiary/aromatic N) is 3. The molecule has 0 atom stereocenters. The zero-order chi connectivity index (χ0) is 22.5. The molecule has 0 aliphatic carbocycles. The van der Waals surface area contributed by atoms with Crippen molar-refractivity contribution in [3.8, 4) is 22.8 Å². The third-order valence-electron chi connectivity index (χ3n) is 4.24. The van der Waals surface area contributed by atoms with Gasteiger partial charge in [-0.2, -0.15) is 39.5 Å². The molecule has 0 spiro atoms. The largest absolute Gasteiger partial charge is 0.417 e. The molecule has 0 bridgehead atoms. The molecule has 0 amide bonds. The SMILES string of the molecule is Cn1c(-c2ccccc2C(F)(F)F)nnc1-c1ccc(C(F)(F)F)cc1C(F)(F)F. The summed E-state index contributed by atoms with van der Waals surface area (Å²) in [6, 6.07) is 5.15. The number of hydrogen-bond donors (Lipinski definition) is 0. The maximum Gasteiger partial charge on any atom is 0.417 e. The van der Waals surface area contributed by atoms with E-state index in [4.69, 9.17) is 0 Å². The van der Waals surface area contributed by atoms with E-state index in [0.29, 0.717) is 12.1 Å². The lowest BCUT2D eigenvalue weighted by molar-refractivity contribution is -0.143. The topological polar surface area (TPSA) is 30.7 Å². The van der Waals surface area contributed by atoms with Crippen molar-refractivity contribution in [3.63, 3.8) is 0 Å². The Morgan fingerprint density at radius 1 is 0.633 bits per heavy atom. The number of aromatic nitrogens is 3. The van der Waals surface area contributed by atoms with Gasteiger partial charge in [0.15, 0.2) is 11.6 Å². The third kappa shape index (κ3) is 3.98. The molecule has 0 N–H and O–H groups in total. The van der Waals surface area contributed by atoms with Gasteiger partial charge in [-0.1, -0.05) is 18.2 Å². The van der Waals surface area contributed by atoms with E-state index >= 15 is 0 Å². The number of benzene rings is 2. The van der Waals surface area contributed by atoms with E-state index < -0.39 is 58.0 Å². The fourth-order valence-corrected chi connectivity index (χ4v) is 2.87. The highest BCUT2D eigenvalue weighted by atomic mass is 19.4. The Morgan fingerprint density at radius 3 is 1.63 bits per heavy atom. The summed E-state index contributed by atoms with van der Waals surface area (Å²) in [6.45, 7) is 0. The zero-order valence-corrected chi connectivity index (χ0v) is 14.8. The highest BCUT2D eigenvalue weighted by Gasteiger charge is 2.40. The van der Waals surface area contributed by atoms with Gasteiger partial charge in [0.1, 0.15) is 0 Å². The fraction of sp³-hybridized carbons (Fsp3) is 0.222. The molecular weight excluding hydrogens is 429 g/mol. The maximum atomic E-state index is 13.4. The predicted molar refractivity (Wildman–Crippen MR) is 86.9 cm³/mol. The molecule has 0 radical (unpaired) electrons. The van der Waals surface area contributed by atoms with Crippen molar-refractivity contribution in [2.45, 2.75) is 18.5 Å². The normalized spacial score (nSPS) is 13.0. The molecule has 3 aromatic rings. The number of rotatable bonds is 2. The molecule has 12 heteroatoms. The summed E-state index contributed by atoms with van der Waals surface area (Å²) in [5.41, 5.74) is -5.43. The van der Waals surface area contributed by atoms with E-state index in [1.807, 2.05) is 0 Å². The standard InChI is InChI=1S/C18H10F9N3/c1-30-14(10-4-2-3-5-12(10)17(22,23)24)28-29-15(30)11-7-6-9(16(19,20)21)8-13(11)18(25,26)27/h2-8H,1H3. The first-order valence-corrected chi connectivity index (χ1v) is 8.06. The van der Waals surface area contributed by atoms with E-state index in [1.54, 1.807) is 0 Å². The molecule has 0 aliphatic rings. The van der Waals surface area contributed by atoms with E-state index in [0.717, 1.165) is 29.8 Å². The second kappa shape index (κ2) is 7.03. The molecule has 2 aromatic carbocycles. The van der Waals surface area contributed by atoms with Crippen molar-refractivity contribution in [1.29, 1.82) is 0 Å². The lowest BCUT2D eigenvalue weighted by Gasteiger charge is -2.16. The summed E-state index contributed by atoms with van der Waals surface area (Å²) >= 11 is 0. The van der Waals surface area contributed by atoms with Crippen LogP contribution >= 0.6 is 0 Å². The first-order chi connectivity index (χ1) is 13.7. The molecule has 0 saturated heterocycles. The van der Waals surface area contributed by atoms with Gasteiger partial charge in [-0.25, -0.2) is 0 Å². The quantitative estimate of drug-likeness (QED) is 0.445. The first-order valence-electron chi connectivity index (χ1n) is 8.06. The summed E-state index contributed by atoms with van der Waals surface area (Å²) in [7, 11) is 1.12. The van der Waals surface area contributed by atoms with Gasteiger partial charge in [0.2, 0.25) is 0 Å². The predicted octanol–water partition coefficient (Wildman–Crippen LogP) is 6.21. The average molecular weight is 439 g/mol. The Kier molecular flexibility index (Phi) is 5.07. The molecule has 1 aromatic heterocycles. The average Bonchev–Trinajstić information content (AvgIpc) is 3.00. The van der Waals surface area contributed by atoms with Crippen molar-refractivity contribution in [2.75, 3.05) is 0 Å². The van der Waals surface area contributed by atoms with Gasteiger partial charge in [-0.05, 0) is 24.3 Å². The van der Waals surface area contributed by atoms with Gasteiger partial charge in [0.25, 0.3) is 0 Å². The van der Waals surface area contributed by atoms with Crippen molar-refractivity contribution >= 4 is 0 Å². The number of hydrogen-bond acceptors (Lipinski definition) is 2. The van der Waals surface area contributed by atoms with E-state index in [9.17, 15) is 39.5 Å². The van der Waals surface area contributed by atoms with Gasteiger partial charge in [-0.15, -0.1) is 10.2 Å². The molecule has 30 heavy (non-hydrogen) atoms. The highest BCUT2D eigenvalue weighted by Crippen LogP contribution is 2.42.